The lowest BCUT2D eigenvalue weighted by molar-refractivity contribution is -0.146. The minimum Gasteiger partial charge on any atom is -0.480 e. The number of ether oxygens (including phenoxy) is 2. The molecule has 1 amide bonds. The summed E-state index contributed by atoms with van der Waals surface area (Å²) in [7, 11) is -0.654. The second kappa shape index (κ2) is 12.2. The van der Waals surface area contributed by atoms with Crippen LogP contribution in [-0.2, 0) is 25.3 Å². The summed E-state index contributed by atoms with van der Waals surface area (Å²) in [5.74, 6) is -2.31. The fourth-order valence-corrected chi connectivity index (χ4v) is 5.75. The summed E-state index contributed by atoms with van der Waals surface area (Å²) in [6.07, 6.45) is 3.12. The van der Waals surface area contributed by atoms with Crippen molar-refractivity contribution in [3.8, 4) is 28.1 Å². The molecule has 0 bridgehead atoms. The van der Waals surface area contributed by atoms with Crippen LogP contribution in [0.5, 0.6) is 5.88 Å². The molecule has 3 heterocycles. The average Bonchev–Trinajstić information content (AvgIpc) is 3.47. The van der Waals surface area contributed by atoms with E-state index in [0.717, 1.165) is 39.7 Å². The molecule has 6 rings (SSSR count). The predicted molar refractivity (Wildman–Crippen MR) is 161 cm³/mol. The number of hydrogen-bond acceptors (Lipinski definition) is 7. The molecule has 2 aromatic heterocycles. The number of hydrogen-bond donors (Lipinski definition) is 2. The van der Waals surface area contributed by atoms with Crippen molar-refractivity contribution in [2.24, 2.45) is 0 Å². The van der Waals surface area contributed by atoms with Gasteiger partial charge in [0.15, 0.2) is 17.1 Å². The molecule has 0 radical (unpaired) electrons. The summed E-state index contributed by atoms with van der Waals surface area (Å²) in [6, 6.07) is 19.4. The number of esters is 1. The second-order valence-electron chi connectivity index (χ2n) is 9.90. The highest BCUT2D eigenvalue weighted by atomic mass is 32.2. The maximum absolute atomic E-state index is 14.3. The molecule has 222 valence electrons. The summed E-state index contributed by atoms with van der Waals surface area (Å²) in [5, 5.41) is 3.63. The minimum atomic E-state index is -2.06. The Balaban J connectivity index is 1.28. The van der Waals surface area contributed by atoms with E-state index in [4.69, 9.17) is 9.47 Å². The minimum absolute atomic E-state index is 0.144. The molecule has 0 saturated carbocycles. The molecule has 1 aliphatic heterocycles. The SMILES string of the molecule is COc1ncc(-c2ccc3nccc(-c4ccc(NC(=O)C5CCC(=O)O5)cc4)c3c2)cc1NS(=O)c1ccc(F)cc1F. The molecule has 44 heavy (non-hydrogen) atoms. The monoisotopic (exact) mass is 614 g/mol. The van der Waals surface area contributed by atoms with E-state index in [2.05, 4.69) is 20.0 Å². The van der Waals surface area contributed by atoms with E-state index in [-0.39, 0.29) is 34.8 Å². The Hall–Kier alpha value is -5.23. The number of pyridine rings is 2. The summed E-state index contributed by atoms with van der Waals surface area (Å²) in [5.41, 5.74) is 4.79. The first-order valence-electron chi connectivity index (χ1n) is 13.5. The van der Waals surface area contributed by atoms with Gasteiger partial charge in [-0.2, -0.15) is 0 Å². The van der Waals surface area contributed by atoms with Gasteiger partial charge in [0.05, 0.1) is 17.5 Å². The molecule has 1 saturated heterocycles. The van der Waals surface area contributed by atoms with Crippen LogP contribution < -0.4 is 14.8 Å². The number of rotatable bonds is 8. The molecule has 0 spiro atoms. The number of aromatic nitrogens is 2. The van der Waals surface area contributed by atoms with E-state index in [1.54, 1.807) is 30.6 Å². The predicted octanol–water partition coefficient (Wildman–Crippen LogP) is 6.03. The molecule has 12 heteroatoms. The smallest absolute Gasteiger partial charge is 0.306 e. The molecule has 5 aromatic rings. The molecule has 0 aliphatic carbocycles. The van der Waals surface area contributed by atoms with Crippen LogP contribution >= 0.6 is 0 Å². The van der Waals surface area contributed by atoms with Crippen LogP contribution in [0.4, 0.5) is 20.2 Å². The van der Waals surface area contributed by atoms with E-state index < -0.39 is 28.7 Å². The third kappa shape index (κ3) is 5.97. The lowest BCUT2D eigenvalue weighted by Crippen LogP contribution is -2.27. The van der Waals surface area contributed by atoms with Crippen LogP contribution in [0.25, 0.3) is 33.2 Å². The number of carbonyl (C=O) groups excluding carboxylic acids is 2. The number of anilines is 2. The van der Waals surface area contributed by atoms with Crippen LogP contribution in [0, 0.1) is 11.6 Å². The summed E-state index contributed by atoms with van der Waals surface area (Å²) in [4.78, 5) is 32.4. The number of fused-ring (bicyclic) bond motifs is 1. The Morgan fingerprint density at radius 2 is 1.77 bits per heavy atom. The van der Waals surface area contributed by atoms with Gasteiger partial charge in [0.2, 0.25) is 5.88 Å². The highest BCUT2D eigenvalue weighted by molar-refractivity contribution is 7.86. The Bertz CT molecular complexity index is 1940. The Morgan fingerprint density at radius 1 is 0.977 bits per heavy atom. The molecular weight excluding hydrogens is 590 g/mol. The summed E-state index contributed by atoms with van der Waals surface area (Å²) < 4.78 is 53.6. The van der Waals surface area contributed by atoms with Crippen LogP contribution in [0.15, 0.2) is 90.1 Å². The molecular formula is C32H24F2N4O5S. The van der Waals surface area contributed by atoms with Crippen molar-refractivity contribution in [3.63, 3.8) is 0 Å². The largest absolute Gasteiger partial charge is 0.480 e. The molecule has 2 N–H and O–H groups in total. The van der Waals surface area contributed by atoms with Crippen molar-refractivity contribution in [3.05, 3.63) is 96.8 Å². The van der Waals surface area contributed by atoms with Gasteiger partial charge in [0, 0.05) is 47.9 Å². The normalized spacial score (nSPS) is 15.1. The zero-order valence-corrected chi connectivity index (χ0v) is 24.0. The topological polar surface area (TPSA) is 120 Å². The number of methoxy groups -OCH3 is 1. The fourth-order valence-electron chi connectivity index (χ4n) is 4.87. The van der Waals surface area contributed by atoms with E-state index in [1.165, 1.54) is 7.11 Å². The van der Waals surface area contributed by atoms with Crippen LogP contribution in [0.2, 0.25) is 0 Å². The number of halogens is 2. The average molecular weight is 615 g/mol. The zero-order chi connectivity index (χ0) is 30.8. The Morgan fingerprint density at radius 3 is 2.50 bits per heavy atom. The lowest BCUT2D eigenvalue weighted by Gasteiger charge is -2.13. The van der Waals surface area contributed by atoms with Crippen molar-refractivity contribution < 1.29 is 32.1 Å². The summed E-state index contributed by atoms with van der Waals surface area (Å²) in [6.45, 7) is 0. The highest BCUT2D eigenvalue weighted by Crippen LogP contribution is 2.34. The molecule has 9 nitrogen and oxygen atoms in total. The lowest BCUT2D eigenvalue weighted by atomic mass is 9.97. The molecule has 2 atom stereocenters. The number of nitrogens with one attached hydrogen (secondary N) is 2. The third-order valence-electron chi connectivity index (χ3n) is 7.06. The quantitative estimate of drug-likeness (QED) is 0.205. The van der Waals surface area contributed by atoms with Gasteiger partial charge in [0.25, 0.3) is 5.91 Å². The number of nitrogens with zero attached hydrogens (tertiary/aromatic N) is 2. The van der Waals surface area contributed by atoms with Gasteiger partial charge in [-0.25, -0.2) is 18.0 Å². The second-order valence-corrected chi connectivity index (χ2v) is 11.1. The molecule has 2 unspecified atom stereocenters. The number of amides is 1. The van der Waals surface area contributed by atoms with E-state index >= 15 is 0 Å². The zero-order valence-electron chi connectivity index (χ0n) is 23.2. The fraction of sp³-hybridized carbons (Fsp3) is 0.125. The first-order chi connectivity index (χ1) is 21.3. The van der Waals surface area contributed by atoms with Crippen molar-refractivity contribution >= 4 is 45.1 Å². The van der Waals surface area contributed by atoms with Crippen molar-refractivity contribution in [1.29, 1.82) is 0 Å². The number of carbonyl (C=O) groups is 2. The highest BCUT2D eigenvalue weighted by Gasteiger charge is 2.29. The first-order valence-corrected chi connectivity index (χ1v) is 14.6. The maximum Gasteiger partial charge on any atom is 0.306 e. The number of benzene rings is 3. The van der Waals surface area contributed by atoms with E-state index in [1.807, 2.05) is 36.4 Å². The van der Waals surface area contributed by atoms with Gasteiger partial charge < -0.3 is 14.8 Å². The number of cyclic esters (lactones) is 1. The van der Waals surface area contributed by atoms with Crippen LogP contribution in [-0.4, -0.2) is 39.3 Å². The molecule has 1 fully saturated rings. The Kier molecular flexibility index (Phi) is 7.99. The standard InChI is InChI=1S/C32H24F2N4O5S/c1-42-32-27(38-44(41)29-10-5-21(33)16-25(29)34)15-20(17-36-32)19-4-8-26-24(14-19)23(12-13-35-26)18-2-6-22(7-3-18)37-31(40)28-9-11-30(39)43-28/h2-8,10,12-17,28,38H,9,11H2,1H3,(H,37,40). The molecule has 3 aromatic carbocycles. The van der Waals surface area contributed by atoms with Gasteiger partial charge in [-0.05, 0) is 65.2 Å². The van der Waals surface area contributed by atoms with Gasteiger partial charge in [-0.1, -0.05) is 18.2 Å². The van der Waals surface area contributed by atoms with Crippen LogP contribution in [0.3, 0.4) is 0 Å². The summed E-state index contributed by atoms with van der Waals surface area (Å²) >= 11 is 0. The van der Waals surface area contributed by atoms with Crippen LogP contribution in [0.1, 0.15) is 12.8 Å². The van der Waals surface area contributed by atoms with Gasteiger partial charge in [-0.15, -0.1) is 0 Å². The first kappa shape index (κ1) is 28.9. The van der Waals surface area contributed by atoms with Gasteiger partial charge in [-0.3, -0.25) is 19.3 Å². The van der Waals surface area contributed by atoms with Crippen molar-refractivity contribution in [1.82, 2.24) is 9.97 Å². The van der Waals surface area contributed by atoms with Crippen molar-refractivity contribution in [2.45, 2.75) is 23.8 Å². The van der Waals surface area contributed by atoms with Crippen molar-refractivity contribution in [2.75, 3.05) is 17.1 Å². The van der Waals surface area contributed by atoms with Gasteiger partial charge in [0.1, 0.15) is 17.3 Å². The van der Waals surface area contributed by atoms with E-state index in [9.17, 15) is 22.6 Å². The molecule has 1 aliphatic rings. The third-order valence-corrected chi connectivity index (χ3v) is 8.19. The van der Waals surface area contributed by atoms with E-state index in [0.29, 0.717) is 23.7 Å². The van der Waals surface area contributed by atoms with Gasteiger partial charge >= 0.3 is 5.97 Å². The Labute approximate surface area is 252 Å². The maximum atomic E-state index is 14.3.